The van der Waals surface area contributed by atoms with Crippen molar-refractivity contribution >= 4 is 11.3 Å². The molecule has 0 bridgehead atoms. The summed E-state index contributed by atoms with van der Waals surface area (Å²) in [5.74, 6) is 1.48. The van der Waals surface area contributed by atoms with Crippen LogP contribution in [-0.2, 0) is 0 Å². The Morgan fingerprint density at radius 3 is 2.09 bits per heavy atom. The minimum Gasteiger partial charge on any atom is -0.186 e. The molecule has 0 atom stereocenters. The molecule has 0 saturated heterocycles. The van der Waals surface area contributed by atoms with E-state index in [0.29, 0.717) is 5.89 Å². The van der Waals surface area contributed by atoms with Gasteiger partial charge in [-0.3, -0.25) is 0 Å². The van der Waals surface area contributed by atoms with Crippen LogP contribution in [0.3, 0.4) is 0 Å². The molecule has 23 heavy (non-hydrogen) atoms. The molecule has 0 fully saturated rings. The first-order valence-corrected chi connectivity index (χ1v) is 8.28. The molecule has 4 rings (SSSR count). The van der Waals surface area contributed by atoms with Crippen LogP contribution in [0, 0.1) is 0 Å². The predicted octanol–water partition coefficient (Wildman–Crippen LogP) is 6.02. The third kappa shape index (κ3) is 2.91. The number of nitrogens with zero attached hydrogens (tertiary/aromatic N) is 1. The molecule has 2 heterocycles. The van der Waals surface area contributed by atoms with Crippen LogP contribution < -0.4 is 0 Å². The fourth-order valence-electron chi connectivity index (χ4n) is 2.43. The molecule has 110 valence electrons. The molecule has 0 aliphatic rings. The molecule has 0 unspecified atom stereocenters. The molecule has 0 amide bonds. The van der Waals surface area contributed by atoms with Crippen molar-refractivity contribution in [3.63, 3.8) is 0 Å². The summed E-state index contributed by atoms with van der Waals surface area (Å²) in [4.78, 5) is 5.74. The van der Waals surface area contributed by atoms with Crippen LogP contribution in [0.5, 0.6) is 0 Å². The van der Waals surface area contributed by atoms with Crippen molar-refractivity contribution < 1.29 is 4.42 Å². The van der Waals surface area contributed by atoms with Gasteiger partial charge in [0, 0.05) is 5.56 Å². The number of thiophene rings is 1. The van der Waals surface area contributed by atoms with E-state index in [0.717, 1.165) is 27.5 Å². The van der Waals surface area contributed by atoms with Gasteiger partial charge in [-0.1, -0.05) is 54.6 Å². The van der Waals surface area contributed by atoms with Gasteiger partial charge in [0.25, 0.3) is 0 Å². The van der Waals surface area contributed by atoms with Crippen molar-refractivity contribution in [1.82, 2.24) is 4.98 Å². The number of hydrogen-bond donors (Lipinski definition) is 0. The molecule has 0 aliphatic carbocycles. The molecule has 3 heteroatoms. The topological polar surface area (TPSA) is 24.2 Å². The summed E-state index contributed by atoms with van der Waals surface area (Å²) in [7, 11) is 0. The van der Waals surface area contributed by atoms with Crippen molar-refractivity contribution in [1.29, 1.82) is 0 Å². The molecule has 0 N–H and O–H groups in total. The highest BCUT2D eigenvalue weighted by Crippen LogP contribution is 2.31. The van der Waals surface area contributed by atoms with Gasteiger partial charge in [0.05, 0.1) is 17.3 Å². The first-order valence-electron chi connectivity index (χ1n) is 7.40. The molecule has 0 spiro atoms. The molecule has 4 aromatic rings. The second-order valence-electron chi connectivity index (χ2n) is 5.12. The third-order valence-electron chi connectivity index (χ3n) is 3.56. The number of aromatic nitrogens is 1. The van der Waals surface area contributed by atoms with Crippen LogP contribution in [0.4, 0.5) is 0 Å². The Labute approximate surface area is 138 Å². The Morgan fingerprint density at radius 2 is 1.43 bits per heavy atom. The molecule has 2 nitrogen and oxygen atoms in total. The van der Waals surface area contributed by atoms with E-state index in [4.69, 9.17) is 9.40 Å². The highest BCUT2D eigenvalue weighted by atomic mass is 32.1. The van der Waals surface area contributed by atoms with Gasteiger partial charge in [0.15, 0.2) is 4.88 Å². The average molecular weight is 316 g/mol. The van der Waals surface area contributed by atoms with Crippen molar-refractivity contribution in [3.8, 4) is 33.3 Å². The first-order chi connectivity index (χ1) is 11.4. The Morgan fingerprint density at radius 1 is 0.739 bits per heavy atom. The van der Waals surface area contributed by atoms with Gasteiger partial charge in [-0.25, -0.2) is 0 Å². The van der Waals surface area contributed by atoms with Crippen LogP contribution in [0.1, 0.15) is 0 Å². The SMILES string of the molecule is c1ccc(-c2cc(-c3ccccc3)[o+]c(-c3cccs3)n2)cc1. The largest absolute Gasteiger partial charge is 0.470 e. The molecular weight excluding hydrogens is 302 g/mol. The highest BCUT2D eigenvalue weighted by molar-refractivity contribution is 7.13. The summed E-state index contributed by atoms with van der Waals surface area (Å²) < 4.78 is 6.07. The summed E-state index contributed by atoms with van der Waals surface area (Å²) >= 11 is 1.63. The summed E-state index contributed by atoms with van der Waals surface area (Å²) in [5, 5.41) is 2.03. The number of rotatable bonds is 3. The standard InChI is InChI=1S/C20H14NOS/c1-3-8-15(9-4-1)17-14-18(16-10-5-2-6-11-16)22-20(21-17)19-12-7-13-23-19/h1-14H/q+1. The van der Waals surface area contributed by atoms with Crippen LogP contribution in [-0.4, -0.2) is 4.98 Å². The van der Waals surface area contributed by atoms with Crippen LogP contribution in [0.2, 0.25) is 0 Å². The molecular formula is C20H14NOS+. The second-order valence-corrected chi connectivity index (χ2v) is 6.07. The first kappa shape index (κ1) is 13.9. The predicted molar refractivity (Wildman–Crippen MR) is 95.1 cm³/mol. The maximum absolute atomic E-state index is 6.07. The van der Waals surface area contributed by atoms with E-state index < -0.39 is 0 Å². The summed E-state index contributed by atoms with van der Waals surface area (Å²) in [5.41, 5.74) is 3.04. The van der Waals surface area contributed by atoms with Gasteiger partial charge in [-0.05, 0) is 23.6 Å². The minimum absolute atomic E-state index is 0.653. The van der Waals surface area contributed by atoms with Crippen LogP contribution >= 0.6 is 11.3 Å². The monoisotopic (exact) mass is 316 g/mol. The van der Waals surface area contributed by atoms with E-state index in [1.165, 1.54) is 0 Å². The fraction of sp³-hybridized carbons (Fsp3) is 0. The van der Waals surface area contributed by atoms with E-state index in [9.17, 15) is 0 Å². The maximum Gasteiger partial charge on any atom is 0.470 e. The lowest BCUT2D eigenvalue weighted by atomic mass is 10.1. The molecule has 0 aliphatic heterocycles. The van der Waals surface area contributed by atoms with Gasteiger partial charge >= 0.3 is 11.7 Å². The highest BCUT2D eigenvalue weighted by Gasteiger charge is 2.22. The normalized spacial score (nSPS) is 10.6. The molecule has 0 saturated carbocycles. The van der Waals surface area contributed by atoms with E-state index in [1.807, 2.05) is 72.1 Å². The van der Waals surface area contributed by atoms with Crippen molar-refractivity contribution in [2.45, 2.75) is 0 Å². The van der Waals surface area contributed by atoms with E-state index >= 15 is 0 Å². The van der Waals surface area contributed by atoms with Crippen molar-refractivity contribution in [3.05, 3.63) is 84.2 Å². The van der Waals surface area contributed by atoms with Gasteiger partial charge in [-0.15, -0.1) is 11.3 Å². The molecule has 0 radical (unpaired) electrons. The van der Waals surface area contributed by atoms with Gasteiger partial charge < -0.3 is 0 Å². The zero-order valence-electron chi connectivity index (χ0n) is 12.3. The summed E-state index contributed by atoms with van der Waals surface area (Å²) in [6.45, 7) is 0. The van der Waals surface area contributed by atoms with E-state index in [2.05, 4.69) is 12.1 Å². The lowest BCUT2D eigenvalue weighted by Crippen LogP contribution is -1.89. The van der Waals surface area contributed by atoms with Gasteiger partial charge in [0.2, 0.25) is 0 Å². The zero-order chi connectivity index (χ0) is 15.5. The van der Waals surface area contributed by atoms with Gasteiger partial charge in [0.1, 0.15) is 0 Å². The Kier molecular flexibility index (Phi) is 3.70. The number of hydrogen-bond acceptors (Lipinski definition) is 2. The zero-order valence-corrected chi connectivity index (χ0v) is 13.2. The van der Waals surface area contributed by atoms with Crippen molar-refractivity contribution in [2.75, 3.05) is 0 Å². The fourth-order valence-corrected chi connectivity index (χ4v) is 3.08. The molecule has 2 aromatic carbocycles. The quantitative estimate of drug-likeness (QED) is 0.432. The van der Waals surface area contributed by atoms with Crippen molar-refractivity contribution in [2.24, 2.45) is 0 Å². The van der Waals surface area contributed by atoms with E-state index in [-0.39, 0.29) is 0 Å². The molecule has 2 aromatic heterocycles. The lowest BCUT2D eigenvalue weighted by molar-refractivity contribution is 0.564. The Bertz CT molecular complexity index is 845. The summed E-state index contributed by atoms with van der Waals surface area (Å²) in [6.07, 6.45) is 0. The third-order valence-corrected chi connectivity index (χ3v) is 4.41. The smallest absolute Gasteiger partial charge is 0.186 e. The van der Waals surface area contributed by atoms with E-state index in [1.54, 1.807) is 11.3 Å². The summed E-state index contributed by atoms with van der Waals surface area (Å²) in [6, 6.07) is 26.3. The maximum atomic E-state index is 6.07. The van der Waals surface area contributed by atoms with Gasteiger partial charge in [-0.2, -0.15) is 9.40 Å². The minimum atomic E-state index is 0.653. The lowest BCUT2D eigenvalue weighted by Gasteiger charge is -2.00. The second kappa shape index (κ2) is 6.15. The Balaban J connectivity index is 1.91. The van der Waals surface area contributed by atoms with Crippen LogP contribution in [0.25, 0.3) is 33.3 Å². The van der Waals surface area contributed by atoms with Crippen LogP contribution in [0.15, 0.2) is 88.7 Å². The number of benzene rings is 2. The average Bonchev–Trinajstić information content (AvgIpc) is 3.18. The Hall–Kier alpha value is -2.78.